The molecule has 1 aliphatic carbocycles. The Bertz CT molecular complexity index is 400. The van der Waals surface area contributed by atoms with E-state index in [1.807, 2.05) is 20.2 Å². The molecule has 1 atom stereocenters. The van der Waals surface area contributed by atoms with E-state index in [2.05, 4.69) is 10.4 Å². The van der Waals surface area contributed by atoms with Crippen molar-refractivity contribution in [2.45, 2.75) is 38.8 Å². The standard InChI is InChI=1S/C12H19N3O2/c1-3-17-12(16)8-15-11-6-4-5-10(13-2)9(11)7-14-15/h7,10,13H,3-6,8H2,1-2H3. The van der Waals surface area contributed by atoms with Gasteiger partial charge in [0.15, 0.2) is 0 Å². The second-order valence-corrected chi connectivity index (χ2v) is 4.24. The van der Waals surface area contributed by atoms with Crippen LogP contribution in [0.2, 0.25) is 0 Å². The lowest BCUT2D eigenvalue weighted by molar-refractivity contribution is -0.144. The fourth-order valence-corrected chi connectivity index (χ4v) is 2.38. The van der Waals surface area contributed by atoms with Crippen LogP contribution in [0.5, 0.6) is 0 Å². The van der Waals surface area contributed by atoms with E-state index in [1.54, 1.807) is 4.68 Å². The highest BCUT2D eigenvalue weighted by molar-refractivity contribution is 5.69. The Balaban J connectivity index is 2.15. The normalized spacial score (nSPS) is 18.8. The molecule has 0 amide bonds. The van der Waals surface area contributed by atoms with Crippen LogP contribution in [0, 0.1) is 0 Å². The summed E-state index contributed by atoms with van der Waals surface area (Å²) in [6.45, 7) is 2.45. The monoisotopic (exact) mass is 237 g/mol. The molecule has 94 valence electrons. The van der Waals surface area contributed by atoms with Crippen molar-refractivity contribution >= 4 is 5.97 Å². The van der Waals surface area contributed by atoms with Gasteiger partial charge in [0, 0.05) is 17.3 Å². The summed E-state index contributed by atoms with van der Waals surface area (Å²) < 4.78 is 6.72. The van der Waals surface area contributed by atoms with Crippen molar-refractivity contribution in [2.24, 2.45) is 0 Å². The van der Waals surface area contributed by atoms with Gasteiger partial charge in [-0.2, -0.15) is 5.10 Å². The lowest BCUT2D eigenvalue weighted by atomic mass is 9.93. The van der Waals surface area contributed by atoms with E-state index < -0.39 is 0 Å². The van der Waals surface area contributed by atoms with Crippen molar-refractivity contribution in [1.29, 1.82) is 0 Å². The molecule has 5 nitrogen and oxygen atoms in total. The molecule has 2 rings (SSSR count). The second kappa shape index (κ2) is 5.31. The fraction of sp³-hybridized carbons (Fsp3) is 0.667. The van der Waals surface area contributed by atoms with Crippen molar-refractivity contribution in [3.63, 3.8) is 0 Å². The van der Waals surface area contributed by atoms with E-state index in [0.717, 1.165) is 19.3 Å². The molecule has 1 aromatic rings. The molecule has 0 saturated carbocycles. The van der Waals surface area contributed by atoms with E-state index in [-0.39, 0.29) is 12.5 Å². The van der Waals surface area contributed by atoms with Crippen molar-refractivity contribution in [2.75, 3.05) is 13.7 Å². The van der Waals surface area contributed by atoms with Gasteiger partial charge in [-0.05, 0) is 33.2 Å². The van der Waals surface area contributed by atoms with Gasteiger partial charge < -0.3 is 10.1 Å². The lowest BCUT2D eigenvalue weighted by Crippen LogP contribution is -2.23. The second-order valence-electron chi connectivity index (χ2n) is 4.24. The van der Waals surface area contributed by atoms with Crippen LogP contribution in [0.3, 0.4) is 0 Å². The van der Waals surface area contributed by atoms with Crippen LogP contribution >= 0.6 is 0 Å². The first-order chi connectivity index (χ1) is 8.26. The molecule has 1 aromatic heterocycles. The minimum Gasteiger partial charge on any atom is -0.465 e. The highest BCUT2D eigenvalue weighted by Gasteiger charge is 2.23. The predicted molar refractivity (Wildman–Crippen MR) is 63.6 cm³/mol. The predicted octanol–water partition coefficient (Wildman–Crippen LogP) is 1.04. The van der Waals surface area contributed by atoms with Crippen molar-refractivity contribution in [1.82, 2.24) is 15.1 Å². The van der Waals surface area contributed by atoms with Crippen LogP contribution in [-0.4, -0.2) is 29.4 Å². The molecule has 0 aromatic carbocycles. The Morgan fingerprint density at radius 2 is 2.53 bits per heavy atom. The average Bonchev–Trinajstić information content (AvgIpc) is 2.73. The molecule has 1 heterocycles. The van der Waals surface area contributed by atoms with Gasteiger partial charge in [0.2, 0.25) is 0 Å². The smallest absolute Gasteiger partial charge is 0.327 e. The quantitative estimate of drug-likeness (QED) is 0.795. The fourth-order valence-electron chi connectivity index (χ4n) is 2.38. The molecule has 1 N–H and O–H groups in total. The number of ether oxygens (including phenoxy) is 1. The summed E-state index contributed by atoms with van der Waals surface area (Å²) in [5.74, 6) is -0.218. The van der Waals surface area contributed by atoms with Crippen molar-refractivity contribution in [3.05, 3.63) is 17.5 Å². The van der Waals surface area contributed by atoms with Crippen molar-refractivity contribution in [3.8, 4) is 0 Å². The van der Waals surface area contributed by atoms with E-state index in [9.17, 15) is 4.79 Å². The van der Waals surface area contributed by atoms with E-state index >= 15 is 0 Å². The summed E-state index contributed by atoms with van der Waals surface area (Å²) in [4.78, 5) is 11.4. The van der Waals surface area contributed by atoms with Crippen LogP contribution in [0.15, 0.2) is 6.20 Å². The first-order valence-corrected chi connectivity index (χ1v) is 6.13. The molecule has 1 unspecified atom stereocenters. The third-order valence-electron chi connectivity index (χ3n) is 3.20. The summed E-state index contributed by atoms with van der Waals surface area (Å²) in [5, 5.41) is 7.58. The molecule has 0 spiro atoms. The van der Waals surface area contributed by atoms with Gasteiger partial charge in [-0.3, -0.25) is 9.48 Å². The summed E-state index contributed by atoms with van der Waals surface area (Å²) in [5.41, 5.74) is 2.40. The van der Waals surface area contributed by atoms with Gasteiger partial charge in [0.25, 0.3) is 0 Å². The maximum Gasteiger partial charge on any atom is 0.327 e. The van der Waals surface area contributed by atoms with Gasteiger partial charge in [0.05, 0.1) is 12.8 Å². The summed E-state index contributed by atoms with van der Waals surface area (Å²) in [6.07, 6.45) is 5.13. The molecule has 5 heteroatoms. The molecular formula is C12H19N3O2. The summed E-state index contributed by atoms with van der Waals surface area (Å²) in [7, 11) is 1.96. The SMILES string of the molecule is CCOC(=O)Cn1ncc2c1CCCC2NC. The van der Waals surface area contributed by atoms with Gasteiger partial charge in [0.1, 0.15) is 6.54 Å². The van der Waals surface area contributed by atoms with Gasteiger partial charge >= 0.3 is 5.97 Å². The maximum absolute atomic E-state index is 11.4. The first-order valence-electron chi connectivity index (χ1n) is 6.13. The molecule has 17 heavy (non-hydrogen) atoms. The van der Waals surface area contributed by atoms with Gasteiger partial charge in [-0.15, -0.1) is 0 Å². The van der Waals surface area contributed by atoms with Crippen LogP contribution in [0.1, 0.15) is 37.1 Å². The number of esters is 1. The molecule has 1 aliphatic rings. The number of fused-ring (bicyclic) bond motifs is 1. The van der Waals surface area contributed by atoms with E-state index in [0.29, 0.717) is 12.6 Å². The third kappa shape index (κ3) is 2.49. The lowest BCUT2D eigenvalue weighted by Gasteiger charge is -2.22. The largest absolute Gasteiger partial charge is 0.465 e. The molecule has 0 bridgehead atoms. The first kappa shape index (κ1) is 12.1. The Labute approximate surface area is 101 Å². The topological polar surface area (TPSA) is 56.2 Å². The zero-order valence-corrected chi connectivity index (χ0v) is 10.4. The minimum atomic E-state index is -0.218. The van der Waals surface area contributed by atoms with Crippen molar-refractivity contribution < 1.29 is 9.53 Å². The maximum atomic E-state index is 11.4. The molecule has 0 saturated heterocycles. The summed E-state index contributed by atoms with van der Waals surface area (Å²) in [6, 6.07) is 0.370. The molecule has 0 radical (unpaired) electrons. The molecule has 0 fully saturated rings. The Hall–Kier alpha value is -1.36. The van der Waals surface area contributed by atoms with Gasteiger partial charge in [-0.1, -0.05) is 0 Å². The number of carbonyl (C=O) groups excluding carboxylic acids is 1. The zero-order chi connectivity index (χ0) is 12.3. The summed E-state index contributed by atoms with van der Waals surface area (Å²) >= 11 is 0. The highest BCUT2D eigenvalue weighted by atomic mass is 16.5. The van der Waals surface area contributed by atoms with Crippen LogP contribution in [-0.2, 0) is 22.5 Å². The van der Waals surface area contributed by atoms with Crippen LogP contribution in [0.4, 0.5) is 0 Å². The number of aromatic nitrogens is 2. The number of nitrogens with zero attached hydrogens (tertiary/aromatic N) is 2. The Kier molecular flexibility index (Phi) is 3.78. The number of hydrogen-bond acceptors (Lipinski definition) is 4. The Morgan fingerprint density at radius 1 is 1.71 bits per heavy atom. The average molecular weight is 237 g/mol. The minimum absolute atomic E-state index is 0.218. The number of rotatable bonds is 4. The van der Waals surface area contributed by atoms with E-state index in [1.165, 1.54) is 11.3 Å². The zero-order valence-electron chi connectivity index (χ0n) is 10.4. The molecular weight excluding hydrogens is 218 g/mol. The third-order valence-corrected chi connectivity index (χ3v) is 3.20. The van der Waals surface area contributed by atoms with Gasteiger partial charge in [-0.25, -0.2) is 0 Å². The van der Waals surface area contributed by atoms with Crippen LogP contribution < -0.4 is 5.32 Å². The number of carbonyl (C=O) groups is 1. The Morgan fingerprint density at radius 3 is 3.24 bits per heavy atom. The highest BCUT2D eigenvalue weighted by Crippen LogP contribution is 2.29. The molecule has 0 aliphatic heterocycles. The number of nitrogens with one attached hydrogen (secondary N) is 1. The number of hydrogen-bond donors (Lipinski definition) is 1. The van der Waals surface area contributed by atoms with Crippen LogP contribution in [0.25, 0.3) is 0 Å². The van der Waals surface area contributed by atoms with E-state index in [4.69, 9.17) is 4.74 Å².